The highest BCUT2D eigenvalue weighted by molar-refractivity contribution is 6.30. The summed E-state index contributed by atoms with van der Waals surface area (Å²) in [5, 5.41) is 9.69. The molecular formula is C16H20ClNO5. The van der Waals surface area contributed by atoms with Crippen LogP contribution in [0.2, 0.25) is 5.02 Å². The summed E-state index contributed by atoms with van der Waals surface area (Å²) >= 11 is 5.83. The first-order chi connectivity index (χ1) is 10.7. The van der Waals surface area contributed by atoms with Crippen LogP contribution in [-0.2, 0) is 14.3 Å². The van der Waals surface area contributed by atoms with Gasteiger partial charge in [0.1, 0.15) is 5.75 Å². The molecule has 1 saturated heterocycles. The smallest absolute Gasteiger partial charge is 0.334 e. The van der Waals surface area contributed by atoms with E-state index in [9.17, 15) is 9.59 Å². The summed E-state index contributed by atoms with van der Waals surface area (Å²) in [4.78, 5) is 25.3. The highest BCUT2D eigenvalue weighted by Gasteiger charge is 2.40. The Bertz CT molecular complexity index is 587. The summed E-state index contributed by atoms with van der Waals surface area (Å²) in [5.74, 6) is -0.844. The summed E-state index contributed by atoms with van der Waals surface area (Å²) in [6.45, 7) is 5.38. The minimum atomic E-state index is -1.13. The number of benzene rings is 1. The van der Waals surface area contributed by atoms with Crippen LogP contribution in [-0.4, -0.2) is 52.8 Å². The van der Waals surface area contributed by atoms with Crippen molar-refractivity contribution in [1.82, 2.24) is 4.90 Å². The molecule has 0 aliphatic carbocycles. The van der Waals surface area contributed by atoms with E-state index in [4.69, 9.17) is 26.2 Å². The third-order valence-electron chi connectivity index (χ3n) is 3.52. The van der Waals surface area contributed by atoms with Crippen molar-refractivity contribution in [2.45, 2.75) is 38.6 Å². The van der Waals surface area contributed by atoms with E-state index in [0.717, 1.165) is 0 Å². The van der Waals surface area contributed by atoms with E-state index in [1.165, 1.54) is 4.90 Å². The molecule has 1 N–H and O–H groups in total. The van der Waals surface area contributed by atoms with Crippen LogP contribution in [0, 0.1) is 0 Å². The van der Waals surface area contributed by atoms with Crippen molar-refractivity contribution in [2.24, 2.45) is 0 Å². The number of carboxylic acid groups (broad SMARTS) is 1. The lowest BCUT2D eigenvalue weighted by atomic mass is 10.1. The van der Waals surface area contributed by atoms with Crippen LogP contribution in [0.4, 0.5) is 0 Å². The van der Waals surface area contributed by atoms with Crippen molar-refractivity contribution in [3.8, 4) is 5.75 Å². The quantitative estimate of drug-likeness (QED) is 0.908. The van der Waals surface area contributed by atoms with E-state index in [2.05, 4.69) is 0 Å². The lowest BCUT2D eigenvalue weighted by molar-refractivity contribution is -0.171. The molecule has 1 aliphatic rings. The van der Waals surface area contributed by atoms with E-state index in [0.29, 0.717) is 17.3 Å². The standard InChI is InChI=1S/C16H20ClNO5/c1-10-8-18(9-13(22-10)14(19)20)15(21)16(2,3)23-12-6-4-11(17)5-7-12/h4-7,10,13H,8-9H2,1-3H3,(H,19,20)/t10-,13?/m1/s1. The van der Waals surface area contributed by atoms with E-state index in [1.807, 2.05) is 0 Å². The second kappa shape index (κ2) is 6.76. The number of hydrogen-bond acceptors (Lipinski definition) is 4. The van der Waals surface area contributed by atoms with Crippen LogP contribution in [0.25, 0.3) is 0 Å². The molecule has 1 heterocycles. The maximum absolute atomic E-state index is 12.7. The van der Waals surface area contributed by atoms with E-state index in [1.54, 1.807) is 45.0 Å². The summed E-state index contributed by atoms with van der Waals surface area (Å²) in [6, 6.07) is 6.71. The molecule has 0 spiro atoms. The molecule has 1 fully saturated rings. The largest absolute Gasteiger partial charge is 0.479 e. The molecule has 0 radical (unpaired) electrons. The van der Waals surface area contributed by atoms with Crippen LogP contribution in [0.1, 0.15) is 20.8 Å². The van der Waals surface area contributed by atoms with Gasteiger partial charge >= 0.3 is 5.97 Å². The van der Waals surface area contributed by atoms with Crippen molar-refractivity contribution in [1.29, 1.82) is 0 Å². The molecule has 1 amide bonds. The molecule has 1 aliphatic heterocycles. The van der Waals surface area contributed by atoms with E-state index < -0.39 is 17.7 Å². The Morgan fingerprint density at radius 2 is 1.91 bits per heavy atom. The van der Waals surface area contributed by atoms with Crippen LogP contribution >= 0.6 is 11.6 Å². The first-order valence-corrected chi connectivity index (χ1v) is 7.69. The van der Waals surface area contributed by atoms with Gasteiger partial charge in [-0.1, -0.05) is 11.6 Å². The van der Waals surface area contributed by atoms with Gasteiger partial charge in [-0.2, -0.15) is 0 Å². The first-order valence-electron chi connectivity index (χ1n) is 7.31. The fourth-order valence-electron chi connectivity index (χ4n) is 2.48. The highest BCUT2D eigenvalue weighted by atomic mass is 35.5. The zero-order valence-corrected chi connectivity index (χ0v) is 14.0. The topological polar surface area (TPSA) is 76.1 Å². The Morgan fingerprint density at radius 1 is 1.30 bits per heavy atom. The molecule has 0 bridgehead atoms. The van der Waals surface area contributed by atoms with Gasteiger partial charge in [0.05, 0.1) is 12.6 Å². The molecule has 126 valence electrons. The normalized spacial score (nSPS) is 21.8. The molecule has 6 nitrogen and oxygen atoms in total. The van der Waals surface area contributed by atoms with Crippen molar-refractivity contribution in [3.63, 3.8) is 0 Å². The van der Waals surface area contributed by atoms with Crippen molar-refractivity contribution in [2.75, 3.05) is 13.1 Å². The fraction of sp³-hybridized carbons (Fsp3) is 0.500. The number of carboxylic acids is 1. The van der Waals surface area contributed by atoms with Crippen molar-refractivity contribution in [3.05, 3.63) is 29.3 Å². The second-order valence-corrected chi connectivity index (χ2v) is 6.49. The summed E-state index contributed by atoms with van der Waals surface area (Å²) in [7, 11) is 0. The SMILES string of the molecule is C[C@@H]1CN(C(=O)C(C)(C)Oc2ccc(Cl)cc2)CC(C(=O)O)O1. The van der Waals surface area contributed by atoms with Crippen LogP contribution < -0.4 is 4.74 Å². The van der Waals surface area contributed by atoms with Gasteiger partial charge in [0.15, 0.2) is 11.7 Å². The Labute approximate surface area is 139 Å². The van der Waals surface area contributed by atoms with Gasteiger partial charge in [-0.25, -0.2) is 4.79 Å². The Hall–Kier alpha value is -1.79. The number of carbonyl (C=O) groups is 2. The number of aliphatic carboxylic acids is 1. The number of halogens is 1. The molecule has 7 heteroatoms. The molecule has 2 atom stereocenters. The highest BCUT2D eigenvalue weighted by Crippen LogP contribution is 2.24. The van der Waals surface area contributed by atoms with Gasteiger partial charge in [0.2, 0.25) is 0 Å². The summed E-state index contributed by atoms with van der Waals surface area (Å²) < 4.78 is 11.1. The monoisotopic (exact) mass is 341 g/mol. The average Bonchev–Trinajstić information content (AvgIpc) is 2.48. The minimum Gasteiger partial charge on any atom is -0.479 e. The first kappa shape index (κ1) is 17.6. The molecule has 1 unspecified atom stereocenters. The number of carbonyl (C=O) groups excluding carboxylic acids is 1. The van der Waals surface area contributed by atoms with Gasteiger partial charge < -0.3 is 19.5 Å². The number of ether oxygens (including phenoxy) is 2. The molecule has 1 aromatic rings. The summed E-state index contributed by atoms with van der Waals surface area (Å²) in [5.41, 5.74) is -1.13. The zero-order chi connectivity index (χ0) is 17.2. The summed E-state index contributed by atoms with van der Waals surface area (Å²) in [6.07, 6.45) is -1.37. The maximum Gasteiger partial charge on any atom is 0.334 e. The number of amides is 1. The van der Waals surface area contributed by atoms with Crippen LogP contribution in [0.3, 0.4) is 0 Å². The van der Waals surface area contributed by atoms with Gasteiger partial charge in [-0.15, -0.1) is 0 Å². The van der Waals surface area contributed by atoms with Gasteiger partial charge in [0, 0.05) is 11.6 Å². The van der Waals surface area contributed by atoms with Crippen molar-refractivity contribution >= 4 is 23.5 Å². The predicted octanol–water partition coefficient (Wildman–Crippen LogP) is 2.20. The lowest BCUT2D eigenvalue weighted by Crippen LogP contribution is -2.57. The Balaban J connectivity index is 2.10. The number of hydrogen-bond donors (Lipinski definition) is 1. The van der Waals surface area contributed by atoms with Crippen molar-refractivity contribution < 1.29 is 24.2 Å². The van der Waals surface area contributed by atoms with Gasteiger partial charge in [-0.3, -0.25) is 4.79 Å². The Morgan fingerprint density at radius 3 is 2.48 bits per heavy atom. The van der Waals surface area contributed by atoms with E-state index >= 15 is 0 Å². The Kier molecular flexibility index (Phi) is 5.16. The van der Waals surface area contributed by atoms with Crippen LogP contribution in [0.5, 0.6) is 5.75 Å². The third kappa shape index (κ3) is 4.36. The average molecular weight is 342 g/mol. The molecule has 23 heavy (non-hydrogen) atoms. The number of rotatable bonds is 4. The van der Waals surface area contributed by atoms with Gasteiger partial charge in [-0.05, 0) is 45.0 Å². The lowest BCUT2D eigenvalue weighted by Gasteiger charge is -2.38. The third-order valence-corrected chi connectivity index (χ3v) is 3.78. The molecule has 1 aromatic carbocycles. The van der Waals surface area contributed by atoms with Gasteiger partial charge in [0.25, 0.3) is 5.91 Å². The van der Waals surface area contributed by atoms with E-state index in [-0.39, 0.29) is 18.6 Å². The second-order valence-electron chi connectivity index (χ2n) is 6.05. The minimum absolute atomic E-state index is 0.00587. The maximum atomic E-state index is 12.7. The molecule has 0 saturated carbocycles. The molecular weight excluding hydrogens is 322 g/mol. The predicted molar refractivity (Wildman–Crippen MR) is 84.7 cm³/mol. The molecule has 0 aromatic heterocycles. The zero-order valence-electron chi connectivity index (χ0n) is 13.3. The number of nitrogens with zero attached hydrogens (tertiary/aromatic N) is 1. The molecule has 2 rings (SSSR count). The van der Waals surface area contributed by atoms with Crippen LogP contribution in [0.15, 0.2) is 24.3 Å². The fourth-order valence-corrected chi connectivity index (χ4v) is 2.60. The number of morpholine rings is 1.